The molecule has 130 valence electrons. The van der Waals surface area contributed by atoms with Crippen molar-refractivity contribution in [1.82, 2.24) is 10.2 Å². The van der Waals surface area contributed by atoms with Gasteiger partial charge >= 0.3 is 12.3 Å². The van der Waals surface area contributed by atoms with Crippen molar-refractivity contribution in [2.45, 2.75) is 18.8 Å². The highest BCUT2D eigenvalue weighted by molar-refractivity contribution is 5.90. The lowest BCUT2D eigenvalue weighted by atomic mass is 10.1. The summed E-state index contributed by atoms with van der Waals surface area (Å²) in [6.07, 6.45) is -5.23. The molecule has 0 bridgehead atoms. The number of nitrogens with two attached hydrogens (primary N) is 1. The largest absolute Gasteiger partial charge is 0.447 e. The number of cyclic esters (lactones) is 1. The fourth-order valence-electron chi connectivity index (χ4n) is 2.13. The number of hydrogen-bond donors (Lipinski definition) is 2. The van der Waals surface area contributed by atoms with E-state index in [0.29, 0.717) is 5.56 Å². The molecule has 0 saturated carbocycles. The fraction of sp³-hybridized carbons (Fsp3) is 0.357. The molecule has 0 aromatic heterocycles. The van der Waals surface area contributed by atoms with Crippen LogP contribution in [0, 0.1) is 0 Å². The van der Waals surface area contributed by atoms with Crippen molar-refractivity contribution in [1.29, 1.82) is 0 Å². The lowest BCUT2D eigenvalue weighted by molar-refractivity contribution is -0.137. The van der Waals surface area contributed by atoms with Crippen LogP contribution in [-0.2, 0) is 27.0 Å². The summed E-state index contributed by atoms with van der Waals surface area (Å²) in [4.78, 5) is 35.4. The predicted octanol–water partition coefficient (Wildman–Crippen LogP) is 0.628. The molecule has 1 heterocycles. The number of hydrogen-bond acceptors (Lipinski definition) is 4. The van der Waals surface area contributed by atoms with Crippen LogP contribution in [0.1, 0.15) is 11.1 Å². The van der Waals surface area contributed by atoms with E-state index >= 15 is 0 Å². The molecule has 1 saturated heterocycles. The number of nitrogens with one attached hydrogen (secondary N) is 1. The number of nitrogens with zero attached hydrogens (tertiary/aromatic N) is 1. The Labute approximate surface area is 134 Å². The zero-order valence-corrected chi connectivity index (χ0v) is 12.3. The third kappa shape index (κ3) is 4.15. The van der Waals surface area contributed by atoms with Crippen LogP contribution in [0.4, 0.5) is 18.0 Å². The van der Waals surface area contributed by atoms with E-state index in [2.05, 4.69) is 5.32 Å². The van der Waals surface area contributed by atoms with E-state index in [4.69, 9.17) is 10.5 Å². The monoisotopic (exact) mass is 345 g/mol. The highest BCUT2D eigenvalue weighted by atomic mass is 19.4. The van der Waals surface area contributed by atoms with E-state index < -0.39 is 42.2 Å². The normalized spacial score (nSPS) is 17.5. The van der Waals surface area contributed by atoms with Gasteiger partial charge in [-0.25, -0.2) is 4.79 Å². The van der Waals surface area contributed by atoms with Gasteiger partial charge in [-0.3, -0.25) is 14.5 Å². The summed E-state index contributed by atoms with van der Waals surface area (Å²) in [5.74, 6) is -1.38. The first-order valence-corrected chi connectivity index (χ1v) is 6.84. The van der Waals surface area contributed by atoms with Gasteiger partial charge in [0.25, 0.3) is 0 Å². The van der Waals surface area contributed by atoms with Crippen molar-refractivity contribution in [3.8, 4) is 0 Å². The summed E-state index contributed by atoms with van der Waals surface area (Å²) in [5, 5.41) is 2.25. The van der Waals surface area contributed by atoms with Crippen molar-refractivity contribution in [2.75, 3.05) is 13.2 Å². The fourth-order valence-corrected chi connectivity index (χ4v) is 2.13. The Bertz CT molecular complexity index is 646. The quantitative estimate of drug-likeness (QED) is 0.817. The molecular weight excluding hydrogens is 331 g/mol. The predicted molar refractivity (Wildman–Crippen MR) is 74.3 cm³/mol. The molecule has 0 aliphatic carbocycles. The van der Waals surface area contributed by atoms with E-state index in [1.807, 2.05) is 0 Å². The minimum atomic E-state index is -4.46. The molecule has 0 unspecified atom stereocenters. The van der Waals surface area contributed by atoms with Crippen LogP contribution in [0.2, 0.25) is 0 Å². The lowest BCUT2D eigenvalue weighted by Gasteiger charge is -2.20. The molecule has 0 spiro atoms. The summed E-state index contributed by atoms with van der Waals surface area (Å²) in [6, 6.07) is 3.22. The molecule has 1 aromatic carbocycles. The minimum absolute atomic E-state index is 0.106. The summed E-state index contributed by atoms with van der Waals surface area (Å²) < 4.78 is 42.4. The molecule has 1 atom stereocenters. The van der Waals surface area contributed by atoms with Gasteiger partial charge in [0.05, 0.1) is 18.7 Å². The smallest absolute Gasteiger partial charge is 0.416 e. The molecule has 1 aromatic rings. The van der Waals surface area contributed by atoms with Crippen molar-refractivity contribution in [3.63, 3.8) is 0 Å². The minimum Gasteiger partial charge on any atom is -0.447 e. The Morgan fingerprint density at radius 1 is 1.29 bits per heavy atom. The van der Waals surface area contributed by atoms with E-state index in [-0.39, 0.29) is 13.2 Å². The summed E-state index contributed by atoms with van der Waals surface area (Å²) in [7, 11) is 0. The maximum atomic E-state index is 12.5. The molecule has 1 fully saturated rings. The maximum Gasteiger partial charge on any atom is 0.416 e. The molecule has 2 rings (SSSR count). The second kappa shape index (κ2) is 6.77. The standard InChI is InChI=1S/C14H14F3N3O4/c15-14(16,17)9-3-1-8(2-4-9)6-20-10(7-24-13(20)23)12(22)19-5-11(18)21/h1-4,10H,5-7H2,(H2,18,21)(H,19,22)/t10-/m0/s1. The summed E-state index contributed by atoms with van der Waals surface area (Å²) in [6.45, 7) is -0.715. The first-order valence-electron chi connectivity index (χ1n) is 6.84. The third-order valence-electron chi connectivity index (χ3n) is 3.35. The summed E-state index contributed by atoms with van der Waals surface area (Å²) in [5.41, 5.74) is 4.50. The number of halogens is 3. The number of benzene rings is 1. The van der Waals surface area contributed by atoms with Crippen LogP contribution < -0.4 is 11.1 Å². The highest BCUT2D eigenvalue weighted by Crippen LogP contribution is 2.29. The van der Waals surface area contributed by atoms with Gasteiger partial charge in [0, 0.05) is 0 Å². The van der Waals surface area contributed by atoms with Crippen LogP contribution in [0.5, 0.6) is 0 Å². The maximum absolute atomic E-state index is 12.5. The Morgan fingerprint density at radius 2 is 1.92 bits per heavy atom. The van der Waals surface area contributed by atoms with Crippen LogP contribution in [0.15, 0.2) is 24.3 Å². The molecule has 3 amide bonds. The number of ether oxygens (including phenoxy) is 1. The van der Waals surface area contributed by atoms with Crippen molar-refractivity contribution in [2.24, 2.45) is 5.73 Å². The highest BCUT2D eigenvalue weighted by Gasteiger charge is 2.38. The van der Waals surface area contributed by atoms with Crippen LogP contribution >= 0.6 is 0 Å². The van der Waals surface area contributed by atoms with Gasteiger partial charge in [0.2, 0.25) is 11.8 Å². The Balaban J connectivity index is 2.07. The molecular formula is C14H14F3N3O4. The van der Waals surface area contributed by atoms with Gasteiger partial charge in [0.15, 0.2) is 0 Å². The number of carbonyl (C=O) groups excluding carboxylic acids is 3. The number of rotatable bonds is 5. The van der Waals surface area contributed by atoms with Crippen molar-refractivity contribution >= 4 is 17.9 Å². The Kier molecular flexibility index (Phi) is 4.96. The average Bonchev–Trinajstić information content (AvgIpc) is 2.86. The average molecular weight is 345 g/mol. The van der Waals surface area contributed by atoms with Gasteiger partial charge in [0.1, 0.15) is 12.6 Å². The number of primary amides is 1. The SMILES string of the molecule is NC(=O)CNC(=O)[C@@H]1COC(=O)N1Cc1ccc(C(F)(F)F)cc1. The van der Waals surface area contributed by atoms with Gasteiger partial charge < -0.3 is 15.8 Å². The molecule has 1 aliphatic heterocycles. The molecule has 3 N–H and O–H groups in total. The molecule has 7 nitrogen and oxygen atoms in total. The zero-order valence-electron chi connectivity index (χ0n) is 12.3. The van der Waals surface area contributed by atoms with E-state index in [0.717, 1.165) is 17.0 Å². The Morgan fingerprint density at radius 3 is 2.46 bits per heavy atom. The molecule has 10 heteroatoms. The Hall–Kier alpha value is -2.78. The van der Waals surface area contributed by atoms with Crippen LogP contribution in [0.25, 0.3) is 0 Å². The van der Waals surface area contributed by atoms with Crippen LogP contribution in [0.3, 0.4) is 0 Å². The molecule has 0 radical (unpaired) electrons. The zero-order chi connectivity index (χ0) is 17.9. The van der Waals surface area contributed by atoms with Gasteiger partial charge in [-0.2, -0.15) is 13.2 Å². The van der Waals surface area contributed by atoms with Crippen molar-refractivity contribution in [3.05, 3.63) is 35.4 Å². The number of amides is 3. The second-order valence-corrected chi connectivity index (χ2v) is 5.10. The van der Waals surface area contributed by atoms with Crippen LogP contribution in [-0.4, -0.2) is 42.0 Å². The first kappa shape index (κ1) is 17.6. The number of alkyl halides is 3. The van der Waals surface area contributed by atoms with Gasteiger partial charge in [-0.05, 0) is 17.7 Å². The third-order valence-corrected chi connectivity index (χ3v) is 3.35. The second-order valence-electron chi connectivity index (χ2n) is 5.10. The molecule has 1 aliphatic rings. The number of carbonyl (C=O) groups is 3. The first-order chi connectivity index (χ1) is 11.2. The van der Waals surface area contributed by atoms with E-state index in [1.165, 1.54) is 12.1 Å². The molecule has 24 heavy (non-hydrogen) atoms. The van der Waals surface area contributed by atoms with E-state index in [1.54, 1.807) is 0 Å². The summed E-state index contributed by atoms with van der Waals surface area (Å²) >= 11 is 0. The van der Waals surface area contributed by atoms with Crippen molar-refractivity contribution < 1.29 is 32.3 Å². The lowest BCUT2D eigenvalue weighted by Crippen LogP contribution is -2.47. The van der Waals surface area contributed by atoms with Gasteiger partial charge in [-0.1, -0.05) is 12.1 Å². The van der Waals surface area contributed by atoms with E-state index in [9.17, 15) is 27.6 Å². The van der Waals surface area contributed by atoms with Gasteiger partial charge in [-0.15, -0.1) is 0 Å². The topological polar surface area (TPSA) is 102 Å².